The van der Waals surface area contributed by atoms with Crippen LogP contribution in [-0.2, 0) is 0 Å². The number of nitrogens with one attached hydrogen (secondary N) is 1. The van der Waals surface area contributed by atoms with Crippen molar-refractivity contribution < 1.29 is 4.79 Å². The summed E-state index contributed by atoms with van der Waals surface area (Å²) in [6.07, 6.45) is 6.61. The highest BCUT2D eigenvalue weighted by Gasteiger charge is 2.40. The molecule has 1 aromatic heterocycles. The monoisotopic (exact) mass is 281 g/mol. The fraction of sp³-hybridized carbons (Fsp3) is 0.412. The van der Waals surface area contributed by atoms with Crippen LogP contribution in [0.4, 0.5) is 5.82 Å². The Labute approximate surface area is 123 Å². The molecule has 1 amide bonds. The Morgan fingerprint density at radius 2 is 2.00 bits per heavy atom. The fourth-order valence-corrected chi connectivity index (χ4v) is 4.06. The summed E-state index contributed by atoms with van der Waals surface area (Å²) in [7, 11) is 0. The zero-order valence-corrected chi connectivity index (χ0v) is 11.9. The van der Waals surface area contributed by atoms with Crippen molar-refractivity contribution in [3.8, 4) is 0 Å². The third-order valence-electron chi connectivity index (χ3n) is 5.13. The molecule has 1 aromatic carbocycles. The lowest BCUT2D eigenvalue weighted by Crippen LogP contribution is -2.38. The minimum absolute atomic E-state index is 0.0174. The SMILES string of the molecule is Nc1ncc(C(=O)NC2CC3CCC2C3)c2ccccc12. The maximum Gasteiger partial charge on any atom is 0.253 e. The lowest BCUT2D eigenvalue weighted by Gasteiger charge is -2.23. The number of benzene rings is 1. The number of pyridine rings is 1. The number of fused-ring (bicyclic) bond motifs is 3. The van der Waals surface area contributed by atoms with E-state index >= 15 is 0 Å². The molecule has 2 fully saturated rings. The molecule has 0 aliphatic heterocycles. The van der Waals surface area contributed by atoms with Gasteiger partial charge in [-0.05, 0) is 36.5 Å². The summed E-state index contributed by atoms with van der Waals surface area (Å²) in [5.41, 5.74) is 6.52. The molecule has 4 rings (SSSR count). The van der Waals surface area contributed by atoms with Crippen LogP contribution in [0.25, 0.3) is 10.8 Å². The van der Waals surface area contributed by atoms with Gasteiger partial charge in [-0.2, -0.15) is 0 Å². The molecule has 2 aliphatic rings. The number of carbonyl (C=O) groups excluding carboxylic acids is 1. The molecule has 3 unspecified atom stereocenters. The fourth-order valence-electron chi connectivity index (χ4n) is 4.06. The van der Waals surface area contributed by atoms with Gasteiger partial charge in [-0.25, -0.2) is 4.98 Å². The Balaban J connectivity index is 1.64. The lowest BCUT2D eigenvalue weighted by atomic mass is 9.95. The van der Waals surface area contributed by atoms with Gasteiger partial charge in [0.05, 0.1) is 5.56 Å². The summed E-state index contributed by atoms with van der Waals surface area (Å²) >= 11 is 0. The number of rotatable bonds is 2. The molecule has 3 N–H and O–H groups in total. The molecule has 3 atom stereocenters. The zero-order valence-electron chi connectivity index (χ0n) is 11.9. The largest absolute Gasteiger partial charge is 0.383 e. The maximum atomic E-state index is 12.6. The van der Waals surface area contributed by atoms with E-state index < -0.39 is 0 Å². The molecule has 2 bridgehead atoms. The number of carbonyl (C=O) groups is 1. The summed E-state index contributed by atoms with van der Waals surface area (Å²) in [6.45, 7) is 0. The molecule has 4 nitrogen and oxygen atoms in total. The highest BCUT2D eigenvalue weighted by atomic mass is 16.1. The van der Waals surface area contributed by atoms with E-state index in [0.717, 1.165) is 23.1 Å². The Bertz CT molecular complexity index is 712. The second kappa shape index (κ2) is 4.72. The Hall–Kier alpha value is -2.10. The smallest absolute Gasteiger partial charge is 0.253 e. The quantitative estimate of drug-likeness (QED) is 0.889. The number of nitrogens with two attached hydrogens (primary N) is 1. The van der Waals surface area contributed by atoms with Gasteiger partial charge in [0.1, 0.15) is 5.82 Å². The van der Waals surface area contributed by atoms with Crippen molar-refractivity contribution in [2.75, 3.05) is 5.73 Å². The molecular formula is C17H19N3O. The van der Waals surface area contributed by atoms with E-state index in [-0.39, 0.29) is 5.91 Å². The Morgan fingerprint density at radius 3 is 2.71 bits per heavy atom. The van der Waals surface area contributed by atoms with Crippen LogP contribution in [0.2, 0.25) is 0 Å². The summed E-state index contributed by atoms with van der Waals surface area (Å²) < 4.78 is 0. The van der Waals surface area contributed by atoms with Crippen molar-refractivity contribution in [1.29, 1.82) is 0 Å². The van der Waals surface area contributed by atoms with Crippen LogP contribution in [0, 0.1) is 11.8 Å². The predicted octanol–water partition coefficient (Wildman–Crippen LogP) is 2.74. The molecule has 2 aliphatic carbocycles. The number of aromatic nitrogens is 1. The molecule has 0 spiro atoms. The van der Waals surface area contributed by atoms with Crippen LogP contribution >= 0.6 is 0 Å². The number of hydrogen-bond donors (Lipinski definition) is 2. The van der Waals surface area contributed by atoms with Crippen LogP contribution in [0.5, 0.6) is 0 Å². The molecule has 108 valence electrons. The molecule has 21 heavy (non-hydrogen) atoms. The number of amides is 1. The molecule has 0 radical (unpaired) electrons. The van der Waals surface area contributed by atoms with Gasteiger partial charge in [0.2, 0.25) is 0 Å². The summed E-state index contributed by atoms with van der Waals surface area (Å²) in [6, 6.07) is 8.02. The summed E-state index contributed by atoms with van der Waals surface area (Å²) in [5, 5.41) is 4.94. The first-order chi connectivity index (χ1) is 10.2. The molecule has 0 saturated heterocycles. The van der Waals surface area contributed by atoms with Gasteiger partial charge in [0.15, 0.2) is 0 Å². The molecule has 1 heterocycles. The van der Waals surface area contributed by atoms with Gasteiger partial charge < -0.3 is 11.1 Å². The average Bonchev–Trinajstić information content (AvgIpc) is 3.10. The number of hydrogen-bond acceptors (Lipinski definition) is 3. The van der Waals surface area contributed by atoms with Crippen LogP contribution < -0.4 is 11.1 Å². The van der Waals surface area contributed by atoms with Crippen molar-refractivity contribution >= 4 is 22.5 Å². The van der Waals surface area contributed by atoms with Crippen molar-refractivity contribution in [2.45, 2.75) is 31.7 Å². The first-order valence-corrected chi connectivity index (χ1v) is 7.66. The standard InChI is InChI=1S/C17H19N3O/c18-16-13-4-2-1-3-12(13)14(9-19-16)17(21)20-15-8-10-5-6-11(15)7-10/h1-4,9-11,15H,5-8H2,(H2,18,19)(H,20,21). The molecule has 2 aromatic rings. The van der Waals surface area contributed by atoms with E-state index in [1.54, 1.807) is 6.20 Å². The van der Waals surface area contributed by atoms with Crippen LogP contribution in [0.15, 0.2) is 30.5 Å². The Morgan fingerprint density at radius 1 is 1.19 bits per heavy atom. The first-order valence-electron chi connectivity index (χ1n) is 7.66. The van der Waals surface area contributed by atoms with E-state index in [4.69, 9.17) is 5.73 Å². The van der Waals surface area contributed by atoms with Crippen molar-refractivity contribution in [3.63, 3.8) is 0 Å². The van der Waals surface area contributed by atoms with Gasteiger partial charge in [-0.1, -0.05) is 30.7 Å². The van der Waals surface area contributed by atoms with E-state index in [2.05, 4.69) is 10.3 Å². The van der Waals surface area contributed by atoms with Gasteiger partial charge in [0.25, 0.3) is 5.91 Å². The number of nitrogens with zero attached hydrogens (tertiary/aromatic N) is 1. The molecular weight excluding hydrogens is 262 g/mol. The van der Waals surface area contributed by atoms with E-state index in [9.17, 15) is 4.79 Å². The van der Waals surface area contributed by atoms with Crippen molar-refractivity contribution in [3.05, 3.63) is 36.0 Å². The van der Waals surface area contributed by atoms with E-state index in [1.807, 2.05) is 24.3 Å². The van der Waals surface area contributed by atoms with Crippen molar-refractivity contribution in [1.82, 2.24) is 10.3 Å². The second-order valence-electron chi connectivity index (χ2n) is 6.36. The molecule has 2 saturated carbocycles. The van der Waals surface area contributed by atoms with Crippen LogP contribution in [0.1, 0.15) is 36.0 Å². The zero-order chi connectivity index (χ0) is 14.4. The van der Waals surface area contributed by atoms with Gasteiger partial charge in [-0.15, -0.1) is 0 Å². The van der Waals surface area contributed by atoms with Crippen molar-refractivity contribution in [2.24, 2.45) is 11.8 Å². The minimum Gasteiger partial charge on any atom is -0.383 e. The molecule has 4 heteroatoms. The van der Waals surface area contributed by atoms with Gasteiger partial charge in [-0.3, -0.25) is 4.79 Å². The number of anilines is 1. The summed E-state index contributed by atoms with van der Waals surface area (Å²) in [4.78, 5) is 16.8. The highest BCUT2D eigenvalue weighted by molar-refractivity contribution is 6.09. The third kappa shape index (κ3) is 2.06. The van der Waals surface area contributed by atoms with Gasteiger partial charge >= 0.3 is 0 Å². The van der Waals surface area contributed by atoms with E-state index in [1.165, 1.54) is 19.3 Å². The maximum absolute atomic E-state index is 12.6. The third-order valence-corrected chi connectivity index (χ3v) is 5.13. The average molecular weight is 281 g/mol. The predicted molar refractivity (Wildman–Crippen MR) is 82.9 cm³/mol. The topological polar surface area (TPSA) is 68.0 Å². The van der Waals surface area contributed by atoms with E-state index in [0.29, 0.717) is 23.3 Å². The number of nitrogen functional groups attached to an aromatic ring is 1. The minimum atomic E-state index is -0.0174. The highest BCUT2D eigenvalue weighted by Crippen LogP contribution is 2.44. The summed E-state index contributed by atoms with van der Waals surface area (Å²) in [5.74, 6) is 1.95. The lowest BCUT2D eigenvalue weighted by molar-refractivity contribution is 0.0924. The van der Waals surface area contributed by atoms with Gasteiger partial charge in [0, 0.05) is 17.6 Å². The van der Waals surface area contributed by atoms with Crippen LogP contribution in [0.3, 0.4) is 0 Å². The normalized spacial score (nSPS) is 27.1. The van der Waals surface area contributed by atoms with Crippen LogP contribution in [-0.4, -0.2) is 16.9 Å². The Kier molecular flexibility index (Phi) is 2.84. The first kappa shape index (κ1) is 12.6. The second-order valence-corrected chi connectivity index (χ2v) is 6.36.